The van der Waals surface area contributed by atoms with E-state index in [-0.39, 0.29) is 5.69 Å². The lowest BCUT2D eigenvalue weighted by atomic mass is 10.00. The number of nitrogens with zero attached hydrogens (tertiary/aromatic N) is 6. The van der Waals surface area contributed by atoms with Crippen LogP contribution in [0.1, 0.15) is 50.6 Å². The second-order valence-corrected chi connectivity index (χ2v) is 8.84. The summed E-state index contributed by atoms with van der Waals surface area (Å²) in [6.45, 7) is 9.96. The normalized spacial score (nSPS) is 11.4. The lowest BCUT2D eigenvalue weighted by molar-refractivity contribution is 0.498. The van der Waals surface area contributed by atoms with Gasteiger partial charge >= 0.3 is 5.69 Å². The molecule has 0 amide bonds. The Hall–Kier alpha value is -3.55. The molecule has 0 radical (unpaired) electrons. The molecule has 1 aromatic carbocycles. The van der Waals surface area contributed by atoms with Crippen LogP contribution < -0.4 is 5.69 Å². The maximum absolute atomic E-state index is 13.3. The molecule has 0 unspecified atom stereocenters. The minimum absolute atomic E-state index is 0.0919. The van der Waals surface area contributed by atoms with Gasteiger partial charge < -0.3 is 0 Å². The van der Waals surface area contributed by atoms with Crippen LogP contribution in [0.4, 0.5) is 0 Å². The smallest absolute Gasteiger partial charge is 0.296 e. The number of rotatable bonds is 9. The van der Waals surface area contributed by atoms with Gasteiger partial charge in [0.15, 0.2) is 0 Å². The predicted octanol–water partition coefficient (Wildman–Crippen LogP) is 4.25. The van der Waals surface area contributed by atoms with E-state index in [1.54, 1.807) is 12.4 Å². The fourth-order valence-corrected chi connectivity index (χ4v) is 4.19. The summed E-state index contributed by atoms with van der Waals surface area (Å²) in [4.78, 5) is 17.5. The summed E-state index contributed by atoms with van der Waals surface area (Å²) >= 11 is 0. The van der Waals surface area contributed by atoms with Gasteiger partial charge in [0, 0.05) is 35.9 Å². The molecule has 3 heterocycles. The number of nitrogens with one attached hydrogen (secondary N) is 1. The van der Waals surface area contributed by atoms with Gasteiger partial charge in [0.2, 0.25) is 5.82 Å². The largest absolute Gasteiger partial charge is 0.328 e. The second kappa shape index (κ2) is 9.94. The number of hydrogen-bond acceptors (Lipinski definition) is 5. The standard InChI is InChI=1S/C25H31N7O/c1-5-6-23-18(4)31(14-12-17(2)3)25(33)32(23)16-19-7-9-20(10-8-19)21-11-13-26-15-22(21)24-27-29-30-28-24/h7-11,13,15,17H,5-6,12,14,16H2,1-4H3,(H,27,28,29,30). The van der Waals surface area contributed by atoms with Crippen molar-refractivity contribution < 1.29 is 0 Å². The minimum Gasteiger partial charge on any atom is -0.296 e. The summed E-state index contributed by atoms with van der Waals surface area (Å²) < 4.78 is 3.90. The molecule has 33 heavy (non-hydrogen) atoms. The fourth-order valence-electron chi connectivity index (χ4n) is 4.19. The van der Waals surface area contributed by atoms with Crippen molar-refractivity contribution >= 4 is 0 Å². The van der Waals surface area contributed by atoms with E-state index >= 15 is 0 Å². The van der Waals surface area contributed by atoms with Gasteiger partial charge in [-0.15, -0.1) is 10.2 Å². The molecule has 0 bridgehead atoms. The molecular weight excluding hydrogens is 414 g/mol. The maximum atomic E-state index is 13.3. The highest BCUT2D eigenvalue weighted by atomic mass is 16.1. The Labute approximate surface area is 193 Å². The molecular formula is C25H31N7O. The third kappa shape index (κ3) is 4.79. The molecule has 0 spiro atoms. The van der Waals surface area contributed by atoms with Gasteiger partial charge in [-0.1, -0.05) is 51.5 Å². The third-order valence-corrected chi connectivity index (χ3v) is 6.04. The first-order chi connectivity index (χ1) is 16.0. The Bertz CT molecular complexity index is 1250. The highest BCUT2D eigenvalue weighted by molar-refractivity contribution is 5.79. The molecule has 8 heteroatoms. The van der Waals surface area contributed by atoms with Crippen LogP contribution in [-0.2, 0) is 19.5 Å². The van der Waals surface area contributed by atoms with Crippen LogP contribution in [0, 0.1) is 12.8 Å². The second-order valence-electron chi connectivity index (χ2n) is 8.84. The van der Waals surface area contributed by atoms with Crippen molar-refractivity contribution in [2.75, 3.05) is 0 Å². The summed E-state index contributed by atoms with van der Waals surface area (Å²) in [5, 5.41) is 14.3. The van der Waals surface area contributed by atoms with Crippen molar-refractivity contribution in [3.63, 3.8) is 0 Å². The average Bonchev–Trinajstić information content (AvgIpc) is 3.42. The monoisotopic (exact) mass is 445 g/mol. The highest BCUT2D eigenvalue weighted by Crippen LogP contribution is 2.29. The predicted molar refractivity (Wildman–Crippen MR) is 129 cm³/mol. The van der Waals surface area contributed by atoms with Crippen molar-refractivity contribution in [2.24, 2.45) is 5.92 Å². The first-order valence-electron chi connectivity index (χ1n) is 11.6. The molecule has 3 aromatic heterocycles. The third-order valence-electron chi connectivity index (χ3n) is 6.04. The quantitative estimate of drug-likeness (QED) is 0.416. The van der Waals surface area contributed by atoms with E-state index in [9.17, 15) is 4.79 Å². The zero-order valence-corrected chi connectivity index (χ0v) is 19.7. The molecule has 8 nitrogen and oxygen atoms in total. The number of aromatic amines is 1. The van der Waals surface area contributed by atoms with Gasteiger partial charge in [-0.05, 0) is 53.7 Å². The van der Waals surface area contributed by atoms with Crippen LogP contribution in [0.5, 0.6) is 0 Å². The van der Waals surface area contributed by atoms with Crippen molar-refractivity contribution in [3.8, 4) is 22.5 Å². The molecule has 0 aliphatic rings. The van der Waals surface area contributed by atoms with Gasteiger partial charge in [0.1, 0.15) is 0 Å². The number of tetrazole rings is 1. The van der Waals surface area contributed by atoms with Crippen LogP contribution in [-0.4, -0.2) is 34.7 Å². The van der Waals surface area contributed by atoms with E-state index in [1.807, 2.05) is 15.2 Å². The van der Waals surface area contributed by atoms with Gasteiger partial charge in [-0.25, -0.2) is 4.79 Å². The molecule has 0 fully saturated rings. The summed E-state index contributed by atoms with van der Waals surface area (Å²) in [5.74, 6) is 1.07. The van der Waals surface area contributed by atoms with Crippen LogP contribution in [0.3, 0.4) is 0 Å². The Morgan fingerprint density at radius 1 is 1.06 bits per heavy atom. The van der Waals surface area contributed by atoms with Gasteiger partial charge in [0.25, 0.3) is 0 Å². The molecule has 0 aliphatic carbocycles. The molecule has 4 rings (SSSR count). The lowest BCUT2D eigenvalue weighted by Gasteiger charge is -2.10. The Morgan fingerprint density at radius 3 is 2.52 bits per heavy atom. The number of benzene rings is 1. The van der Waals surface area contributed by atoms with Crippen LogP contribution in [0.2, 0.25) is 0 Å². The van der Waals surface area contributed by atoms with E-state index < -0.39 is 0 Å². The van der Waals surface area contributed by atoms with Crippen molar-refractivity contribution in [2.45, 2.75) is 60.0 Å². The van der Waals surface area contributed by atoms with E-state index in [0.717, 1.165) is 59.4 Å². The van der Waals surface area contributed by atoms with Crippen molar-refractivity contribution in [3.05, 3.63) is 70.2 Å². The summed E-state index contributed by atoms with van der Waals surface area (Å²) in [7, 11) is 0. The van der Waals surface area contributed by atoms with Crippen LogP contribution in [0.25, 0.3) is 22.5 Å². The topological polar surface area (TPSA) is 94.3 Å². The van der Waals surface area contributed by atoms with Crippen LogP contribution >= 0.6 is 0 Å². The number of H-pyrrole nitrogens is 1. The van der Waals surface area contributed by atoms with Crippen LogP contribution in [0.15, 0.2) is 47.5 Å². The van der Waals surface area contributed by atoms with E-state index in [0.29, 0.717) is 18.3 Å². The molecule has 1 N–H and O–H groups in total. The van der Waals surface area contributed by atoms with Crippen molar-refractivity contribution in [1.29, 1.82) is 0 Å². The maximum Gasteiger partial charge on any atom is 0.328 e. The lowest BCUT2D eigenvalue weighted by Crippen LogP contribution is -2.26. The summed E-state index contributed by atoms with van der Waals surface area (Å²) in [6, 6.07) is 10.3. The van der Waals surface area contributed by atoms with E-state index in [4.69, 9.17) is 0 Å². The molecule has 0 atom stereocenters. The van der Waals surface area contributed by atoms with Gasteiger partial charge in [-0.3, -0.25) is 14.1 Å². The number of aromatic nitrogens is 7. The van der Waals surface area contributed by atoms with Gasteiger partial charge in [0.05, 0.1) is 6.54 Å². The Kier molecular flexibility index (Phi) is 6.82. The first kappa shape index (κ1) is 22.6. The summed E-state index contributed by atoms with van der Waals surface area (Å²) in [5.41, 5.74) is 6.26. The van der Waals surface area contributed by atoms with Crippen molar-refractivity contribution in [1.82, 2.24) is 34.7 Å². The average molecular weight is 446 g/mol. The Balaban J connectivity index is 1.63. The zero-order chi connectivity index (χ0) is 23.4. The molecule has 172 valence electrons. The Morgan fingerprint density at radius 2 is 1.85 bits per heavy atom. The highest BCUT2D eigenvalue weighted by Gasteiger charge is 2.17. The number of imidazole rings is 1. The first-order valence-corrected chi connectivity index (χ1v) is 11.6. The molecule has 0 aliphatic heterocycles. The fraction of sp³-hybridized carbons (Fsp3) is 0.400. The minimum atomic E-state index is 0.0919. The summed E-state index contributed by atoms with van der Waals surface area (Å²) in [6.07, 6.45) is 6.41. The zero-order valence-electron chi connectivity index (χ0n) is 19.7. The van der Waals surface area contributed by atoms with E-state index in [2.05, 4.69) is 77.6 Å². The number of pyridine rings is 1. The molecule has 0 saturated carbocycles. The molecule has 0 saturated heterocycles. The van der Waals surface area contributed by atoms with Gasteiger partial charge in [-0.2, -0.15) is 5.21 Å². The number of hydrogen-bond donors (Lipinski definition) is 1. The van der Waals surface area contributed by atoms with E-state index in [1.165, 1.54) is 0 Å². The SMILES string of the molecule is CCCc1c(C)n(CCC(C)C)c(=O)n1Cc1ccc(-c2ccncc2-c2nn[nH]n2)cc1. The molecule has 4 aromatic rings.